The predicted octanol–water partition coefficient (Wildman–Crippen LogP) is 6.68. The van der Waals surface area contributed by atoms with Crippen molar-refractivity contribution in [1.82, 2.24) is 10.3 Å². The van der Waals surface area contributed by atoms with Crippen LogP contribution in [-0.2, 0) is 16.3 Å². The summed E-state index contributed by atoms with van der Waals surface area (Å²) in [7, 11) is 0. The van der Waals surface area contributed by atoms with Gasteiger partial charge >= 0.3 is 6.18 Å². The number of fused-ring (bicyclic) bond motifs is 1. The van der Waals surface area contributed by atoms with Crippen molar-refractivity contribution in [1.29, 1.82) is 0 Å². The van der Waals surface area contributed by atoms with Crippen LogP contribution in [0.3, 0.4) is 0 Å². The molecule has 0 aliphatic carbocycles. The lowest BCUT2D eigenvalue weighted by molar-refractivity contribution is -0.137. The molecule has 2 aromatic carbocycles. The van der Waals surface area contributed by atoms with Crippen molar-refractivity contribution in [3.63, 3.8) is 0 Å². The van der Waals surface area contributed by atoms with Crippen molar-refractivity contribution < 1.29 is 13.2 Å². The summed E-state index contributed by atoms with van der Waals surface area (Å²) in [4.78, 5) is 4.35. The predicted molar refractivity (Wildman–Crippen MR) is 124 cm³/mol. The molecular weight excluding hydrogens is 549 g/mol. The normalized spacial score (nSPS) is 14.7. The molecule has 3 rings (SSSR count). The first-order valence-electron chi connectivity index (χ1n) is 8.96. The Bertz CT molecular complexity index is 1080. The zero-order chi connectivity index (χ0) is 22.3. The summed E-state index contributed by atoms with van der Waals surface area (Å²) >= 11 is 13.9. The van der Waals surface area contributed by atoms with Gasteiger partial charge in [0.1, 0.15) is 3.55 Å². The van der Waals surface area contributed by atoms with Crippen molar-refractivity contribution in [3.05, 3.63) is 75.4 Å². The first-order chi connectivity index (χ1) is 13.8. The number of pyridine rings is 1. The molecule has 1 heterocycles. The van der Waals surface area contributed by atoms with E-state index in [1.165, 1.54) is 6.07 Å². The second kappa shape index (κ2) is 8.43. The molecule has 1 aromatic heterocycles. The number of aromatic nitrogens is 1. The van der Waals surface area contributed by atoms with Crippen LogP contribution >= 0.6 is 45.8 Å². The maximum Gasteiger partial charge on any atom is 0.417 e. The van der Waals surface area contributed by atoms with Gasteiger partial charge < -0.3 is 11.1 Å². The Morgan fingerprint density at radius 3 is 2.40 bits per heavy atom. The van der Waals surface area contributed by atoms with E-state index in [2.05, 4.69) is 32.9 Å². The lowest BCUT2D eigenvalue weighted by Gasteiger charge is -2.41. The number of hydrogen-bond acceptors (Lipinski definition) is 3. The first-order valence-corrected chi connectivity index (χ1v) is 10.8. The molecule has 0 amide bonds. The highest BCUT2D eigenvalue weighted by Crippen LogP contribution is 2.41. The topological polar surface area (TPSA) is 50.9 Å². The SMILES string of the molecule is CC(C)(NCc1ccc(Cl)c(C(F)(F)F)c1)C(N)(I)c1ccnc2cc(Cl)ccc12. The lowest BCUT2D eigenvalue weighted by Crippen LogP contribution is -2.58. The van der Waals surface area contributed by atoms with Gasteiger partial charge in [-0.3, -0.25) is 4.98 Å². The van der Waals surface area contributed by atoms with Gasteiger partial charge in [-0.1, -0.05) is 57.9 Å². The van der Waals surface area contributed by atoms with Crippen molar-refractivity contribution in [2.45, 2.75) is 35.7 Å². The number of halogens is 6. The molecule has 0 saturated carbocycles. The zero-order valence-electron chi connectivity index (χ0n) is 16.1. The molecule has 0 spiro atoms. The van der Waals surface area contributed by atoms with Gasteiger partial charge in [-0.2, -0.15) is 13.2 Å². The van der Waals surface area contributed by atoms with Gasteiger partial charge in [0.25, 0.3) is 0 Å². The number of benzene rings is 2. The van der Waals surface area contributed by atoms with Gasteiger partial charge in [0, 0.05) is 28.7 Å². The summed E-state index contributed by atoms with van der Waals surface area (Å²) in [5, 5.41) is 4.41. The monoisotopic (exact) mass is 567 g/mol. The number of hydrogen-bond donors (Lipinski definition) is 2. The summed E-state index contributed by atoms with van der Waals surface area (Å²) in [6, 6.07) is 11.1. The van der Waals surface area contributed by atoms with Crippen molar-refractivity contribution in [3.8, 4) is 0 Å². The Hall–Kier alpha value is -1.13. The second-order valence-corrected chi connectivity index (χ2v) is 10.1. The summed E-state index contributed by atoms with van der Waals surface area (Å²) in [6.07, 6.45) is -2.85. The fourth-order valence-electron chi connectivity index (χ4n) is 3.13. The molecule has 3 nitrogen and oxygen atoms in total. The third-order valence-electron chi connectivity index (χ3n) is 5.08. The van der Waals surface area contributed by atoms with Gasteiger partial charge in [0.15, 0.2) is 0 Å². The number of rotatable bonds is 5. The Morgan fingerprint density at radius 1 is 1.03 bits per heavy atom. The molecule has 0 radical (unpaired) electrons. The molecule has 160 valence electrons. The third-order valence-corrected chi connectivity index (χ3v) is 7.57. The van der Waals surface area contributed by atoms with Crippen LogP contribution in [0.15, 0.2) is 48.7 Å². The third kappa shape index (κ3) is 4.70. The highest BCUT2D eigenvalue weighted by Gasteiger charge is 2.42. The van der Waals surface area contributed by atoms with Crippen LogP contribution in [0.25, 0.3) is 10.9 Å². The Labute approximate surface area is 196 Å². The molecule has 1 unspecified atom stereocenters. The number of nitrogens with two attached hydrogens (primary N) is 1. The number of alkyl halides is 4. The van der Waals surface area contributed by atoms with E-state index in [4.69, 9.17) is 28.9 Å². The molecule has 30 heavy (non-hydrogen) atoms. The minimum absolute atomic E-state index is 0.185. The summed E-state index contributed by atoms with van der Waals surface area (Å²) in [5.74, 6) is 0. The maximum atomic E-state index is 13.1. The van der Waals surface area contributed by atoms with Gasteiger partial charge in [0.2, 0.25) is 0 Å². The average Bonchev–Trinajstić information content (AvgIpc) is 2.65. The Kier molecular flexibility index (Phi) is 6.61. The smallest absolute Gasteiger partial charge is 0.312 e. The lowest BCUT2D eigenvalue weighted by atomic mass is 9.87. The minimum Gasteiger partial charge on any atom is -0.312 e. The highest BCUT2D eigenvalue weighted by molar-refractivity contribution is 14.1. The van der Waals surface area contributed by atoms with E-state index in [0.29, 0.717) is 10.6 Å². The highest BCUT2D eigenvalue weighted by atomic mass is 127. The fraction of sp³-hybridized carbons (Fsp3) is 0.286. The number of nitrogens with one attached hydrogen (secondary N) is 1. The van der Waals surface area contributed by atoms with E-state index in [1.54, 1.807) is 24.4 Å². The van der Waals surface area contributed by atoms with E-state index in [1.807, 2.05) is 26.0 Å². The van der Waals surface area contributed by atoms with E-state index < -0.39 is 20.8 Å². The van der Waals surface area contributed by atoms with Gasteiger partial charge in [0.05, 0.1) is 16.1 Å². The van der Waals surface area contributed by atoms with E-state index in [0.717, 1.165) is 22.5 Å². The van der Waals surface area contributed by atoms with Gasteiger partial charge in [-0.05, 0) is 55.3 Å². The Balaban J connectivity index is 1.90. The summed E-state index contributed by atoms with van der Waals surface area (Å²) < 4.78 is 38.5. The molecule has 9 heteroatoms. The van der Waals surface area contributed by atoms with Crippen LogP contribution in [0.4, 0.5) is 13.2 Å². The summed E-state index contributed by atoms with van der Waals surface area (Å²) in [6.45, 7) is 3.99. The first kappa shape index (κ1) is 23.5. The minimum atomic E-state index is -4.51. The van der Waals surface area contributed by atoms with Crippen molar-refractivity contribution >= 4 is 56.7 Å². The zero-order valence-corrected chi connectivity index (χ0v) is 19.8. The summed E-state index contributed by atoms with van der Waals surface area (Å²) in [5.41, 5.74) is 7.24. The molecule has 0 aliphatic heterocycles. The van der Waals surface area contributed by atoms with Crippen LogP contribution in [0.2, 0.25) is 10.0 Å². The molecule has 0 bridgehead atoms. The molecule has 0 saturated heterocycles. The molecule has 0 aliphatic rings. The average molecular weight is 568 g/mol. The molecule has 1 atom stereocenters. The van der Waals surface area contributed by atoms with Crippen LogP contribution in [-0.4, -0.2) is 10.5 Å². The number of nitrogens with zero attached hydrogens (tertiary/aromatic N) is 1. The fourth-order valence-corrected chi connectivity index (χ4v) is 4.18. The van der Waals surface area contributed by atoms with Gasteiger partial charge in [-0.15, -0.1) is 0 Å². The molecule has 3 aromatic rings. The molecule has 0 fully saturated rings. The van der Waals surface area contributed by atoms with Crippen LogP contribution in [0, 0.1) is 0 Å². The largest absolute Gasteiger partial charge is 0.417 e. The van der Waals surface area contributed by atoms with Crippen molar-refractivity contribution in [2.24, 2.45) is 5.73 Å². The maximum absolute atomic E-state index is 13.1. The molecular formula is C21H19Cl2F3IN3. The van der Waals surface area contributed by atoms with Crippen LogP contribution in [0.1, 0.15) is 30.5 Å². The van der Waals surface area contributed by atoms with Crippen LogP contribution in [0.5, 0.6) is 0 Å². The standard InChI is InChI=1S/C21H19Cl2F3IN3/c1-19(2,30-11-12-3-6-17(23)16(9-12)21(24,25)26)20(27,28)15-7-8-29-18-10-13(22)4-5-14(15)18/h3-10,30H,11,28H2,1-2H3. The Morgan fingerprint density at radius 2 is 1.73 bits per heavy atom. The quantitative estimate of drug-likeness (QED) is 0.205. The second-order valence-electron chi connectivity index (χ2n) is 7.52. The molecule has 3 N–H and O–H groups in total. The van der Waals surface area contributed by atoms with E-state index in [9.17, 15) is 13.2 Å². The van der Waals surface area contributed by atoms with Crippen molar-refractivity contribution in [2.75, 3.05) is 0 Å². The van der Waals surface area contributed by atoms with Crippen LogP contribution < -0.4 is 11.1 Å². The van der Waals surface area contributed by atoms with E-state index in [-0.39, 0.29) is 11.6 Å². The van der Waals surface area contributed by atoms with E-state index >= 15 is 0 Å². The van der Waals surface area contributed by atoms with Gasteiger partial charge in [-0.25, -0.2) is 0 Å².